The number of benzene rings is 1. The second kappa shape index (κ2) is 5.03. The highest BCUT2D eigenvalue weighted by Gasteiger charge is 2.16. The third kappa shape index (κ3) is 2.54. The summed E-state index contributed by atoms with van der Waals surface area (Å²) in [5.74, 6) is -0.922. The van der Waals surface area contributed by atoms with Crippen LogP contribution in [0.15, 0.2) is 23.0 Å². The fraction of sp³-hybridized carbons (Fsp3) is 0.286. The Kier molecular flexibility index (Phi) is 3.22. The van der Waals surface area contributed by atoms with Crippen LogP contribution in [0.4, 0.5) is 14.7 Å². The van der Waals surface area contributed by atoms with E-state index in [0.717, 1.165) is 36.6 Å². The number of H-pyrrole nitrogens is 1. The molecule has 0 saturated carbocycles. The van der Waals surface area contributed by atoms with Crippen LogP contribution in [0, 0.1) is 11.6 Å². The van der Waals surface area contributed by atoms with Crippen molar-refractivity contribution >= 4 is 5.95 Å². The highest BCUT2D eigenvalue weighted by atomic mass is 19.1. The van der Waals surface area contributed by atoms with Crippen LogP contribution in [0.5, 0.6) is 0 Å². The van der Waals surface area contributed by atoms with Gasteiger partial charge in [-0.3, -0.25) is 9.78 Å². The molecule has 0 spiro atoms. The number of hydrogen-bond donors (Lipinski definition) is 2. The summed E-state index contributed by atoms with van der Waals surface area (Å²) >= 11 is 0. The standard InChI is InChI=1S/C14H13F2N3O/c15-9-4-8(5-10(16)6-9)7-17-14-18-12-3-1-2-11(12)13(20)19-14/h4-6H,1-3,7H2,(H2,17,18,19,20). The van der Waals surface area contributed by atoms with E-state index >= 15 is 0 Å². The van der Waals surface area contributed by atoms with Crippen molar-refractivity contribution in [2.24, 2.45) is 0 Å². The number of hydrogen-bond acceptors (Lipinski definition) is 3. The Morgan fingerprint density at radius 1 is 1.20 bits per heavy atom. The molecule has 0 atom stereocenters. The van der Waals surface area contributed by atoms with Crippen molar-refractivity contribution in [3.05, 3.63) is 57.0 Å². The molecule has 3 rings (SSSR count). The zero-order chi connectivity index (χ0) is 14.1. The Balaban J connectivity index is 1.79. The van der Waals surface area contributed by atoms with E-state index in [4.69, 9.17) is 0 Å². The molecule has 2 aromatic rings. The number of halogens is 2. The molecule has 1 aliphatic rings. The van der Waals surface area contributed by atoms with Gasteiger partial charge in [0.2, 0.25) is 5.95 Å². The summed E-state index contributed by atoms with van der Waals surface area (Å²) in [6.45, 7) is 0.191. The van der Waals surface area contributed by atoms with Crippen LogP contribution in [0.1, 0.15) is 23.2 Å². The monoisotopic (exact) mass is 277 g/mol. The summed E-state index contributed by atoms with van der Waals surface area (Å²) in [6.07, 6.45) is 2.49. The normalized spacial score (nSPS) is 13.3. The predicted octanol–water partition coefficient (Wildman–Crippen LogP) is 2.15. The van der Waals surface area contributed by atoms with Gasteiger partial charge in [-0.15, -0.1) is 0 Å². The van der Waals surface area contributed by atoms with E-state index in [1.807, 2.05) is 0 Å². The number of fused-ring (bicyclic) bond motifs is 1. The maximum absolute atomic E-state index is 13.1. The lowest BCUT2D eigenvalue weighted by atomic mass is 10.2. The molecule has 4 nitrogen and oxygen atoms in total. The summed E-state index contributed by atoms with van der Waals surface area (Å²) in [5.41, 5.74) is 1.86. The van der Waals surface area contributed by atoms with E-state index in [9.17, 15) is 13.6 Å². The average molecular weight is 277 g/mol. The molecule has 0 amide bonds. The summed E-state index contributed by atoms with van der Waals surface area (Å²) in [7, 11) is 0. The number of aromatic amines is 1. The van der Waals surface area contributed by atoms with Crippen LogP contribution in [-0.4, -0.2) is 9.97 Å². The van der Waals surface area contributed by atoms with Crippen molar-refractivity contribution in [2.75, 3.05) is 5.32 Å². The first-order valence-corrected chi connectivity index (χ1v) is 6.43. The number of rotatable bonds is 3. The van der Waals surface area contributed by atoms with Crippen LogP contribution < -0.4 is 10.9 Å². The Hall–Kier alpha value is -2.24. The number of nitrogens with one attached hydrogen (secondary N) is 2. The lowest BCUT2D eigenvalue weighted by Crippen LogP contribution is -2.17. The summed E-state index contributed by atoms with van der Waals surface area (Å²) in [5, 5.41) is 2.89. The van der Waals surface area contributed by atoms with Gasteiger partial charge >= 0.3 is 0 Å². The summed E-state index contributed by atoms with van der Waals surface area (Å²) in [6, 6.07) is 3.29. The molecule has 1 aliphatic carbocycles. The highest BCUT2D eigenvalue weighted by Crippen LogP contribution is 2.17. The van der Waals surface area contributed by atoms with Crippen molar-refractivity contribution < 1.29 is 8.78 Å². The van der Waals surface area contributed by atoms with Crippen molar-refractivity contribution in [3.63, 3.8) is 0 Å². The van der Waals surface area contributed by atoms with E-state index in [1.54, 1.807) is 0 Å². The maximum Gasteiger partial charge on any atom is 0.255 e. The van der Waals surface area contributed by atoms with E-state index in [0.29, 0.717) is 11.5 Å². The fourth-order valence-electron chi connectivity index (χ4n) is 2.42. The van der Waals surface area contributed by atoms with Crippen LogP contribution in [0.3, 0.4) is 0 Å². The molecule has 0 aliphatic heterocycles. The molecule has 6 heteroatoms. The van der Waals surface area contributed by atoms with Crippen molar-refractivity contribution in [1.82, 2.24) is 9.97 Å². The molecule has 0 saturated heterocycles. The molecule has 104 valence electrons. The van der Waals surface area contributed by atoms with Gasteiger partial charge in [0, 0.05) is 18.2 Å². The van der Waals surface area contributed by atoms with Crippen LogP contribution in [0.25, 0.3) is 0 Å². The van der Waals surface area contributed by atoms with Gasteiger partial charge in [-0.1, -0.05) is 0 Å². The first kappa shape index (κ1) is 12.8. The molecule has 0 bridgehead atoms. The molecule has 1 aromatic heterocycles. The zero-order valence-corrected chi connectivity index (χ0v) is 10.7. The van der Waals surface area contributed by atoms with Gasteiger partial charge in [-0.25, -0.2) is 13.8 Å². The van der Waals surface area contributed by atoms with Crippen molar-refractivity contribution in [2.45, 2.75) is 25.8 Å². The maximum atomic E-state index is 13.1. The Labute approximate surface area is 113 Å². The fourth-order valence-corrected chi connectivity index (χ4v) is 2.42. The first-order chi connectivity index (χ1) is 9.61. The molecule has 2 N–H and O–H groups in total. The van der Waals surface area contributed by atoms with Gasteiger partial charge in [0.05, 0.1) is 5.69 Å². The Bertz CT molecular complexity index is 692. The topological polar surface area (TPSA) is 57.8 Å². The van der Waals surface area contributed by atoms with Crippen LogP contribution >= 0.6 is 0 Å². The SMILES string of the molecule is O=c1[nH]c(NCc2cc(F)cc(F)c2)nc2c1CCC2. The smallest absolute Gasteiger partial charge is 0.255 e. The Morgan fingerprint density at radius 2 is 1.95 bits per heavy atom. The third-order valence-electron chi connectivity index (χ3n) is 3.32. The third-order valence-corrected chi connectivity index (χ3v) is 3.32. The zero-order valence-electron chi connectivity index (χ0n) is 10.7. The van der Waals surface area contributed by atoms with Crippen LogP contribution in [-0.2, 0) is 19.4 Å². The molecule has 0 radical (unpaired) electrons. The van der Waals surface area contributed by atoms with Gasteiger partial charge in [0.1, 0.15) is 11.6 Å². The minimum Gasteiger partial charge on any atom is -0.352 e. The van der Waals surface area contributed by atoms with Gasteiger partial charge in [0.25, 0.3) is 5.56 Å². The van der Waals surface area contributed by atoms with Gasteiger partial charge in [-0.2, -0.15) is 0 Å². The number of aryl methyl sites for hydroxylation is 1. The summed E-state index contributed by atoms with van der Waals surface area (Å²) < 4.78 is 26.1. The number of aromatic nitrogens is 2. The number of nitrogens with zero attached hydrogens (tertiary/aromatic N) is 1. The molecule has 20 heavy (non-hydrogen) atoms. The molecular weight excluding hydrogens is 264 g/mol. The minimum atomic E-state index is -0.628. The molecule has 1 aromatic carbocycles. The quantitative estimate of drug-likeness (QED) is 0.903. The van der Waals surface area contributed by atoms with E-state index in [-0.39, 0.29) is 12.1 Å². The second-order valence-electron chi connectivity index (χ2n) is 4.82. The lowest BCUT2D eigenvalue weighted by molar-refractivity contribution is 0.580. The molecule has 0 fully saturated rings. The second-order valence-corrected chi connectivity index (χ2v) is 4.82. The van der Waals surface area contributed by atoms with Gasteiger partial charge in [0.15, 0.2) is 0 Å². The lowest BCUT2D eigenvalue weighted by Gasteiger charge is -2.07. The van der Waals surface area contributed by atoms with E-state index in [2.05, 4.69) is 15.3 Å². The van der Waals surface area contributed by atoms with Gasteiger partial charge in [-0.05, 0) is 37.0 Å². The molecule has 1 heterocycles. The van der Waals surface area contributed by atoms with Crippen LogP contribution in [0.2, 0.25) is 0 Å². The van der Waals surface area contributed by atoms with Crippen molar-refractivity contribution in [1.29, 1.82) is 0 Å². The highest BCUT2D eigenvalue weighted by molar-refractivity contribution is 5.33. The summed E-state index contributed by atoms with van der Waals surface area (Å²) in [4.78, 5) is 18.8. The van der Waals surface area contributed by atoms with Gasteiger partial charge < -0.3 is 5.32 Å². The first-order valence-electron chi connectivity index (χ1n) is 6.43. The predicted molar refractivity (Wildman–Crippen MR) is 70.6 cm³/mol. The molecule has 0 unspecified atom stereocenters. The molecular formula is C14H13F2N3O. The average Bonchev–Trinajstić information content (AvgIpc) is 2.84. The number of anilines is 1. The van der Waals surface area contributed by atoms with E-state index < -0.39 is 11.6 Å². The largest absolute Gasteiger partial charge is 0.352 e. The minimum absolute atomic E-state index is 0.138. The van der Waals surface area contributed by atoms with Crippen molar-refractivity contribution in [3.8, 4) is 0 Å². The Morgan fingerprint density at radius 3 is 2.70 bits per heavy atom. The van der Waals surface area contributed by atoms with E-state index in [1.165, 1.54) is 12.1 Å².